The average molecular weight is 442 g/mol. The first-order valence-electron chi connectivity index (χ1n) is 9.23. The van der Waals surface area contributed by atoms with Gasteiger partial charge in [0.1, 0.15) is 17.2 Å². The number of rotatable bonds is 4. The molecule has 0 spiro atoms. The van der Waals surface area contributed by atoms with Crippen LogP contribution in [0, 0.1) is 0 Å². The van der Waals surface area contributed by atoms with Crippen molar-refractivity contribution >= 4 is 33.0 Å². The van der Waals surface area contributed by atoms with Gasteiger partial charge < -0.3 is 0 Å². The lowest BCUT2D eigenvalue weighted by atomic mass is 9.87. The third kappa shape index (κ3) is 3.88. The summed E-state index contributed by atoms with van der Waals surface area (Å²) in [7, 11) is -3.82. The Kier molecular flexibility index (Phi) is 4.99. The number of aromatic nitrogens is 4. The van der Waals surface area contributed by atoms with Crippen molar-refractivity contribution in [2.24, 2.45) is 0 Å². The van der Waals surface area contributed by atoms with Gasteiger partial charge in [-0.05, 0) is 41.3 Å². The lowest BCUT2D eigenvalue weighted by Gasteiger charge is -2.19. The molecule has 0 aliphatic carbocycles. The fraction of sp³-hybridized carbons (Fsp3) is 0.190. The van der Waals surface area contributed by atoms with E-state index >= 15 is 0 Å². The Morgan fingerprint density at radius 1 is 1.00 bits per heavy atom. The van der Waals surface area contributed by atoms with E-state index in [0.717, 1.165) is 5.56 Å². The average Bonchev–Trinajstić information content (AvgIpc) is 3.17. The van der Waals surface area contributed by atoms with Gasteiger partial charge >= 0.3 is 0 Å². The molecule has 0 unspecified atom stereocenters. The first kappa shape index (κ1) is 20.3. The highest BCUT2D eigenvalue weighted by molar-refractivity contribution is 7.92. The van der Waals surface area contributed by atoms with Crippen molar-refractivity contribution in [3.8, 4) is 11.4 Å². The lowest BCUT2D eigenvalue weighted by Crippen LogP contribution is -2.16. The van der Waals surface area contributed by atoms with Crippen LogP contribution < -0.4 is 4.72 Å². The Bertz CT molecular complexity index is 1310. The summed E-state index contributed by atoms with van der Waals surface area (Å²) in [6.07, 6.45) is 4.71. The SMILES string of the molecule is CC(C)(C)c1ccc(S(=O)(=O)Nc2ccc(Cl)c3cc(-c4cnccn4)nn23)cc1. The third-order valence-electron chi connectivity index (χ3n) is 4.66. The summed E-state index contributed by atoms with van der Waals surface area (Å²) in [4.78, 5) is 8.44. The van der Waals surface area contributed by atoms with Gasteiger partial charge in [-0.1, -0.05) is 44.5 Å². The highest BCUT2D eigenvalue weighted by Crippen LogP contribution is 2.28. The van der Waals surface area contributed by atoms with Crippen LogP contribution >= 0.6 is 11.6 Å². The Hall–Kier alpha value is -2.97. The summed E-state index contributed by atoms with van der Waals surface area (Å²) >= 11 is 6.30. The minimum atomic E-state index is -3.82. The number of anilines is 1. The van der Waals surface area contributed by atoms with Crippen LogP contribution in [0.1, 0.15) is 26.3 Å². The van der Waals surface area contributed by atoms with E-state index in [1.54, 1.807) is 48.9 Å². The lowest BCUT2D eigenvalue weighted by molar-refractivity contribution is 0.587. The Labute approximate surface area is 179 Å². The highest BCUT2D eigenvalue weighted by Gasteiger charge is 2.20. The number of hydrogen-bond donors (Lipinski definition) is 1. The standard InChI is InChI=1S/C21H20ClN5O2S/c1-21(2,3)14-4-6-15(7-5-14)30(28,29)26-20-9-8-16(22)19-12-17(25-27(19)20)18-13-23-10-11-24-18/h4-13,26H,1-3H3. The normalized spacial score (nSPS) is 12.3. The zero-order chi connectivity index (χ0) is 21.5. The van der Waals surface area contributed by atoms with E-state index in [9.17, 15) is 8.42 Å². The first-order valence-corrected chi connectivity index (χ1v) is 11.1. The molecule has 0 aliphatic rings. The number of hydrogen-bond acceptors (Lipinski definition) is 5. The van der Waals surface area contributed by atoms with E-state index in [0.29, 0.717) is 21.9 Å². The summed E-state index contributed by atoms with van der Waals surface area (Å²) in [6, 6.07) is 11.8. The van der Waals surface area contributed by atoms with E-state index in [4.69, 9.17) is 11.6 Å². The molecular formula is C21H20ClN5O2S. The zero-order valence-electron chi connectivity index (χ0n) is 16.7. The van der Waals surface area contributed by atoms with Crippen molar-refractivity contribution < 1.29 is 8.42 Å². The number of benzene rings is 1. The third-order valence-corrected chi connectivity index (χ3v) is 6.36. The summed E-state index contributed by atoms with van der Waals surface area (Å²) in [6.45, 7) is 6.23. The quantitative estimate of drug-likeness (QED) is 0.502. The number of fused-ring (bicyclic) bond motifs is 1. The van der Waals surface area contributed by atoms with Gasteiger partial charge in [-0.2, -0.15) is 5.10 Å². The molecule has 9 heteroatoms. The van der Waals surface area contributed by atoms with E-state index in [2.05, 4.69) is 40.6 Å². The van der Waals surface area contributed by atoms with E-state index in [1.807, 2.05) is 12.1 Å². The number of nitrogens with zero attached hydrogens (tertiary/aromatic N) is 4. The van der Waals surface area contributed by atoms with Crippen molar-refractivity contribution in [2.45, 2.75) is 31.1 Å². The number of pyridine rings is 1. The molecule has 0 aliphatic heterocycles. The molecule has 4 aromatic rings. The van der Waals surface area contributed by atoms with Crippen molar-refractivity contribution in [1.82, 2.24) is 19.6 Å². The zero-order valence-corrected chi connectivity index (χ0v) is 18.2. The molecule has 0 saturated heterocycles. The summed E-state index contributed by atoms with van der Waals surface area (Å²) in [5, 5.41) is 4.91. The molecule has 154 valence electrons. The molecule has 3 heterocycles. The molecule has 0 bridgehead atoms. The second-order valence-corrected chi connectivity index (χ2v) is 9.95. The highest BCUT2D eigenvalue weighted by atomic mass is 35.5. The Morgan fingerprint density at radius 3 is 2.37 bits per heavy atom. The molecule has 1 N–H and O–H groups in total. The molecular weight excluding hydrogens is 422 g/mol. The molecule has 0 radical (unpaired) electrons. The van der Waals surface area contributed by atoms with Gasteiger partial charge in [0.05, 0.1) is 21.6 Å². The molecule has 0 atom stereocenters. The van der Waals surface area contributed by atoms with Crippen LogP contribution in [0.4, 0.5) is 5.82 Å². The van der Waals surface area contributed by atoms with Gasteiger partial charge in [-0.15, -0.1) is 0 Å². The molecule has 0 saturated carbocycles. The summed E-state index contributed by atoms with van der Waals surface area (Å²) < 4.78 is 30.0. The molecule has 4 rings (SSSR count). The maximum absolute atomic E-state index is 13.0. The van der Waals surface area contributed by atoms with Gasteiger partial charge in [-0.3, -0.25) is 14.7 Å². The van der Waals surface area contributed by atoms with Gasteiger partial charge in [0, 0.05) is 12.4 Å². The minimum Gasteiger partial charge on any atom is -0.263 e. The molecule has 3 aromatic heterocycles. The van der Waals surface area contributed by atoms with E-state index < -0.39 is 10.0 Å². The Balaban J connectivity index is 1.73. The fourth-order valence-corrected chi connectivity index (χ4v) is 4.25. The number of nitrogens with one attached hydrogen (secondary N) is 1. The second kappa shape index (κ2) is 7.37. The predicted molar refractivity (Wildman–Crippen MR) is 117 cm³/mol. The molecule has 7 nitrogen and oxygen atoms in total. The number of halogens is 1. The van der Waals surface area contributed by atoms with Crippen LogP contribution in [0.15, 0.2) is 66.0 Å². The first-order chi connectivity index (χ1) is 14.1. The summed E-state index contributed by atoms with van der Waals surface area (Å²) in [5.41, 5.74) is 2.63. The monoisotopic (exact) mass is 441 g/mol. The van der Waals surface area contributed by atoms with Gasteiger partial charge in [0.25, 0.3) is 10.0 Å². The van der Waals surface area contributed by atoms with Crippen LogP contribution in [-0.4, -0.2) is 28.0 Å². The summed E-state index contributed by atoms with van der Waals surface area (Å²) in [5.74, 6) is 0.268. The van der Waals surface area contributed by atoms with Gasteiger partial charge in [-0.25, -0.2) is 12.9 Å². The van der Waals surface area contributed by atoms with Gasteiger partial charge in [0.15, 0.2) is 0 Å². The largest absolute Gasteiger partial charge is 0.263 e. The number of sulfonamides is 1. The van der Waals surface area contributed by atoms with Crippen LogP contribution in [-0.2, 0) is 15.4 Å². The molecule has 30 heavy (non-hydrogen) atoms. The van der Waals surface area contributed by atoms with E-state index in [-0.39, 0.29) is 16.1 Å². The van der Waals surface area contributed by atoms with Gasteiger partial charge in [0.2, 0.25) is 0 Å². The molecule has 0 amide bonds. The fourth-order valence-electron chi connectivity index (χ4n) is 3.01. The smallest absolute Gasteiger partial charge is 0.263 e. The van der Waals surface area contributed by atoms with Crippen molar-refractivity contribution in [3.05, 3.63) is 71.6 Å². The van der Waals surface area contributed by atoms with Crippen molar-refractivity contribution in [3.63, 3.8) is 0 Å². The van der Waals surface area contributed by atoms with E-state index in [1.165, 1.54) is 4.52 Å². The van der Waals surface area contributed by atoms with Crippen LogP contribution in [0.25, 0.3) is 16.9 Å². The minimum absolute atomic E-state index is 0.0656. The van der Waals surface area contributed by atoms with Crippen molar-refractivity contribution in [2.75, 3.05) is 4.72 Å². The molecule has 0 fully saturated rings. The van der Waals surface area contributed by atoms with Crippen LogP contribution in [0.3, 0.4) is 0 Å². The predicted octanol–water partition coefficient (Wildman–Crippen LogP) is 4.54. The molecule has 1 aromatic carbocycles. The topological polar surface area (TPSA) is 89.2 Å². The Morgan fingerprint density at radius 2 is 1.73 bits per heavy atom. The van der Waals surface area contributed by atoms with Crippen LogP contribution in [0.2, 0.25) is 5.02 Å². The second-order valence-electron chi connectivity index (χ2n) is 7.86. The maximum atomic E-state index is 13.0. The maximum Gasteiger partial charge on any atom is 0.263 e. The van der Waals surface area contributed by atoms with Crippen LogP contribution in [0.5, 0.6) is 0 Å². The van der Waals surface area contributed by atoms with Crippen molar-refractivity contribution in [1.29, 1.82) is 0 Å².